The van der Waals surface area contributed by atoms with E-state index in [1.165, 1.54) is 27.3 Å². The standard InChI is InChI=1S/C20H15NO2S/c1-23-20(22)15-8-2-4-10-16(15)21-17-11-6-9-14-13-7-3-5-12-18(13)24-19(14)17/h2-12,21H,1H3. The second kappa shape index (κ2) is 5.98. The molecule has 0 spiro atoms. The maximum absolute atomic E-state index is 12.0. The predicted octanol–water partition coefficient (Wildman–Crippen LogP) is 5.58. The second-order valence-corrected chi connectivity index (χ2v) is 6.49. The molecule has 4 heteroatoms. The third kappa shape index (κ3) is 2.41. The molecule has 4 aromatic rings. The van der Waals surface area contributed by atoms with Gasteiger partial charge in [0.1, 0.15) is 0 Å². The van der Waals surface area contributed by atoms with Gasteiger partial charge in [0.25, 0.3) is 0 Å². The Bertz CT molecular complexity index is 1050. The molecule has 3 aromatic carbocycles. The van der Waals surface area contributed by atoms with Crippen LogP contribution in [0.1, 0.15) is 10.4 Å². The van der Waals surface area contributed by atoms with E-state index in [9.17, 15) is 4.79 Å². The molecule has 0 aliphatic rings. The van der Waals surface area contributed by atoms with Crippen molar-refractivity contribution in [2.75, 3.05) is 12.4 Å². The van der Waals surface area contributed by atoms with Crippen LogP contribution in [-0.4, -0.2) is 13.1 Å². The number of rotatable bonds is 3. The molecule has 1 N–H and O–H groups in total. The number of hydrogen-bond acceptors (Lipinski definition) is 4. The van der Waals surface area contributed by atoms with Gasteiger partial charge in [0.2, 0.25) is 0 Å². The first-order valence-electron chi connectivity index (χ1n) is 7.62. The third-order valence-corrected chi connectivity index (χ3v) is 5.23. The number of thiophene rings is 1. The summed E-state index contributed by atoms with van der Waals surface area (Å²) >= 11 is 1.75. The number of ether oxygens (including phenoxy) is 1. The molecule has 0 saturated heterocycles. The van der Waals surface area contributed by atoms with Gasteiger partial charge in [0.05, 0.1) is 28.7 Å². The molecule has 0 fully saturated rings. The van der Waals surface area contributed by atoms with Gasteiger partial charge >= 0.3 is 5.97 Å². The van der Waals surface area contributed by atoms with E-state index in [2.05, 4.69) is 35.6 Å². The van der Waals surface area contributed by atoms with E-state index >= 15 is 0 Å². The number of para-hydroxylation sites is 1. The number of anilines is 2. The van der Waals surface area contributed by atoms with Crippen LogP contribution in [0.2, 0.25) is 0 Å². The lowest BCUT2D eigenvalue weighted by Crippen LogP contribution is -2.05. The molecule has 0 atom stereocenters. The number of benzene rings is 3. The summed E-state index contributed by atoms with van der Waals surface area (Å²) in [5, 5.41) is 5.87. The molecule has 1 heterocycles. The number of nitrogens with one attached hydrogen (secondary N) is 1. The van der Waals surface area contributed by atoms with Gasteiger partial charge in [-0.25, -0.2) is 4.79 Å². The van der Waals surface area contributed by atoms with Crippen LogP contribution in [0.3, 0.4) is 0 Å². The van der Waals surface area contributed by atoms with Crippen molar-refractivity contribution in [1.82, 2.24) is 0 Å². The smallest absolute Gasteiger partial charge is 0.339 e. The minimum absolute atomic E-state index is 0.346. The Morgan fingerprint density at radius 1 is 0.875 bits per heavy atom. The van der Waals surface area contributed by atoms with Crippen LogP contribution in [0.15, 0.2) is 66.7 Å². The van der Waals surface area contributed by atoms with Crippen LogP contribution in [0.4, 0.5) is 11.4 Å². The van der Waals surface area contributed by atoms with Gasteiger partial charge in [-0.05, 0) is 24.3 Å². The zero-order valence-electron chi connectivity index (χ0n) is 13.1. The van der Waals surface area contributed by atoms with Gasteiger partial charge < -0.3 is 10.1 Å². The highest BCUT2D eigenvalue weighted by atomic mass is 32.1. The maximum atomic E-state index is 12.0. The molecule has 4 rings (SSSR count). The van der Waals surface area contributed by atoms with Gasteiger partial charge in [0.15, 0.2) is 0 Å². The lowest BCUT2D eigenvalue weighted by molar-refractivity contribution is 0.0602. The summed E-state index contributed by atoms with van der Waals surface area (Å²) in [5.74, 6) is -0.346. The summed E-state index contributed by atoms with van der Waals surface area (Å²) in [4.78, 5) is 12.0. The maximum Gasteiger partial charge on any atom is 0.339 e. The first kappa shape index (κ1) is 14.7. The number of carbonyl (C=O) groups excluding carboxylic acids is 1. The zero-order chi connectivity index (χ0) is 16.5. The van der Waals surface area contributed by atoms with E-state index in [0.717, 1.165) is 11.4 Å². The highest BCUT2D eigenvalue weighted by Crippen LogP contribution is 2.39. The molecule has 3 nitrogen and oxygen atoms in total. The van der Waals surface area contributed by atoms with E-state index in [4.69, 9.17) is 4.74 Å². The first-order chi connectivity index (χ1) is 11.8. The molecule has 1 aromatic heterocycles. The molecule has 0 aliphatic heterocycles. The average Bonchev–Trinajstić information content (AvgIpc) is 3.01. The number of fused-ring (bicyclic) bond motifs is 3. The van der Waals surface area contributed by atoms with Crippen molar-refractivity contribution >= 4 is 48.9 Å². The van der Waals surface area contributed by atoms with E-state index in [1.807, 2.05) is 30.3 Å². The zero-order valence-corrected chi connectivity index (χ0v) is 13.9. The minimum Gasteiger partial charge on any atom is -0.465 e. The minimum atomic E-state index is -0.346. The molecule has 0 saturated carbocycles. The Kier molecular flexibility index (Phi) is 3.67. The molecule has 0 aliphatic carbocycles. The fourth-order valence-corrected chi connectivity index (χ4v) is 4.04. The van der Waals surface area contributed by atoms with Crippen molar-refractivity contribution < 1.29 is 9.53 Å². The largest absolute Gasteiger partial charge is 0.465 e. The van der Waals surface area contributed by atoms with Crippen molar-refractivity contribution in [2.45, 2.75) is 0 Å². The van der Waals surface area contributed by atoms with Crippen molar-refractivity contribution in [1.29, 1.82) is 0 Å². The summed E-state index contributed by atoms with van der Waals surface area (Å²) in [6.07, 6.45) is 0. The van der Waals surface area contributed by atoms with Gasteiger partial charge in [-0.2, -0.15) is 0 Å². The van der Waals surface area contributed by atoms with Crippen LogP contribution in [0.5, 0.6) is 0 Å². The topological polar surface area (TPSA) is 38.3 Å². The Labute approximate surface area is 143 Å². The molecule has 118 valence electrons. The number of esters is 1. The average molecular weight is 333 g/mol. The molecule has 0 bridgehead atoms. The summed E-state index contributed by atoms with van der Waals surface area (Å²) in [6, 6.07) is 22.0. The highest BCUT2D eigenvalue weighted by Gasteiger charge is 2.13. The second-order valence-electron chi connectivity index (χ2n) is 5.44. The Balaban J connectivity index is 1.85. The van der Waals surface area contributed by atoms with Crippen LogP contribution in [0, 0.1) is 0 Å². The quantitative estimate of drug-likeness (QED) is 0.497. The van der Waals surface area contributed by atoms with E-state index in [0.29, 0.717) is 5.56 Å². The molecule has 0 amide bonds. The monoisotopic (exact) mass is 333 g/mol. The van der Waals surface area contributed by atoms with Crippen molar-refractivity contribution in [3.63, 3.8) is 0 Å². The van der Waals surface area contributed by atoms with E-state index in [-0.39, 0.29) is 5.97 Å². The number of carbonyl (C=O) groups is 1. The van der Waals surface area contributed by atoms with E-state index < -0.39 is 0 Å². The lowest BCUT2D eigenvalue weighted by atomic mass is 10.1. The van der Waals surface area contributed by atoms with Crippen LogP contribution >= 0.6 is 11.3 Å². The van der Waals surface area contributed by atoms with Crippen LogP contribution in [0.25, 0.3) is 20.2 Å². The molecular weight excluding hydrogens is 318 g/mol. The van der Waals surface area contributed by atoms with Crippen LogP contribution in [-0.2, 0) is 4.74 Å². The van der Waals surface area contributed by atoms with Gasteiger partial charge in [-0.1, -0.05) is 42.5 Å². The molecule has 0 radical (unpaired) electrons. The van der Waals surface area contributed by atoms with Crippen molar-refractivity contribution in [2.24, 2.45) is 0 Å². The van der Waals surface area contributed by atoms with Crippen LogP contribution < -0.4 is 5.32 Å². The summed E-state index contributed by atoms with van der Waals surface area (Å²) in [7, 11) is 1.39. The normalized spacial score (nSPS) is 10.9. The summed E-state index contributed by atoms with van der Waals surface area (Å²) < 4.78 is 7.31. The van der Waals surface area contributed by atoms with Crippen molar-refractivity contribution in [3.8, 4) is 0 Å². The summed E-state index contributed by atoms with van der Waals surface area (Å²) in [5.41, 5.74) is 2.26. The lowest BCUT2D eigenvalue weighted by Gasteiger charge is -2.11. The van der Waals surface area contributed by atoms with Gasteiger partial charge in [-0.3, -0.25) is 0 Å². The number of hydrogen-bond donors (Lipinski definition) is 1. The molecular formula is C20H15NO2S. The Morgan fingerprint density at radius 3 is 2.46 bits per heavy atom. The highest BCUT2D eigenvalue weighted by molar-refractivity contribution is 7.26. The fourth-order valence-electron chi connectivity index (χ4n) is 2.87. The van der Waals surface area contributed by atoms with Gasteiger partial charge in [0, 0.05) is 15.5 Å². The van der Waals surface area contributed by atoms with Gasteiger partial charge in [-0.15, -0.1) is 11.3 Å². The predicted molar refractivity (Wildman–Crippen MR) is 100 cm³/mol. The molecule has 24 heavy (non-hydrogen) atoms. The third-order valence-electron chi connectivity index (χ3n) is 4.01. The number of methoxy groups -OCH3 is 1. The summed E-state index contributed by atoms with van der Waals surface area (Å²) in [6.45, 7) is 0. The Hall–Kier alpha value is -2.85. The first-order valence-corrected chi connectivity index (χ1v) is 8.44. The molecule has 0 unspecified atom stereocenters. The van der Waals surface area contributed by atoms with Crippen molar-refractivity contribution in [3.05, 3.63) is 72.3 Å². The Morgan fingerprint density at radius 2 is 1.58 bits per heavy atom. The SMILES string of the molecule is COC(=O)c1ccccc1Nc1cccc2c1sc1ccccc12. The fraction of sp³-hybridized carbons (Fsp3) is 0.0500. The van der Waals surface area contributed by atoms with E-state index in [1.54, 1.807) is 17.4 Å².